The lowest BCUT2D eigenvalue weighted by molar-refractivity contribution is -0.122. The molecule has 0 unspecified atom stereocenters. The molecule has 0 saturated heterocycles. The van der Waals surface area contributed by atoms with Crippen LogP contribution >= 0.6 is 11.8 Å². The Kier molecular flexibility index (Phi) is 8.32. The number of carbonyl (C=O) groups excluding carboxylic acids is 2. The van der Waals surface area contributed by atoms with Crippen LogP contribution in [0.1, 0.15) is 17.5 Å². The Balaban J connectivity index is 2.56. The second kappa shape index (κ2) is 9.99. The molecule has 23 heavy (non-hydrogen) atoms. The van der Waals surface area contributed by atoms with Gasteiger partial charge in [-0.15, -0.1) is 0 Å². The van der Waals surface area contributed by atoms with E-state index in [9.17, 15) is 9.59 Å². The smallest absolute Gasteiger partial charge is 0.312 e. The minimum atomic E-state index is -0.688. The first-order chi connectivity index (χ1) is 11.0. The van der Waals surface area contributed by atoms with Crippen molar-refractivity contribution in [2.24, 2.45) is 5.73 Å². The van der Waals surface area contributed by atoms with Crippen molar-refractivity contribution < 1.29 is 14.3 Å². The molecule has 7 heteroatoms. The van der Waals surface area contributed by atoms with E-state index in [1.807, 2.05) is 31.4 Å². The van der Waals surface area contributed by atoms with Gasteiger partial charge in [0.05, 0.1) is 7.11 Å². The highest BCUT2D eigenvalue weighted by Gasteiger charge is 2.18. The Hall–Kier alpha value is -1.89. The minimum Gasteiger partial charge on any atom is -0.496 e. The van der Waals surface area contributed by atoms with Gasteiger partial charge in [0, 0.05) is 6.54 Å². The third-order valence-electron chi connectivity index (χ3n) is 3.37. The Morgan fingerprint density at radius 1 is 1.39 bits per heavy atom. The largest absolute Gasteiger partial charge is 0.496 e. The molecule has 0 aromatic heterocycles. The van der Waals surface area contributed by atoms with Gasteiger partial charge in [0.15, 0.2) is 0 Å². The van der Waals surface area contributed by atoms with Crippen molar-refractivity contribution in [3.8, 4) is 5.75 Å². The van der Waals surface area contributed by atoms with Gasteiger partial charge >= 0.3 is 6.03 Å². The maximum absolute atomic E-state index is 12.2. The molecule has 0 aliphatic carbocycles. The number of urea groups is 1. The summed E-state index contributed by atoms with van der Waals surface area (Å²) < 4.78 is 5.32. The van der Waals surface area contributed by atoms with Crippen molar-refractivity contribution in [1.29, 1.82) is 0 Å². The normalized spacial score (nSPS) is 11.6. The van der Waals surface area contributed by atoms with Crippen molar-refractivity contribution in [3.05, 3.63) is 29.3 Å². The van der Waals surface area contributed by atoms with E-state index in [0.717, 1.165) is 22.6 Å². The van der Waals surface area contributed by atoms with Crippen molar-refractivity contribution >= 4 is 23.7 Å². The maximum Gasteiger partial charge on any atom is 0.312 e. The van der Waals surface area contributed by atoms with Gasteiger partial charge in [-0.3, -0.25) is 4.79 Å². The molecule has 0 fully saturated rings. The van der Waals surface area contributed by atoms with Crippen LogP contribution in [0.25, 0.3) is 0 Å². The number of rotatable bonds is 9. The highest BCUT2D eigenvalue weighted by atomic mass is 32.2. The monoisotopic (exact) mass is 339 g/mol. The van der Waals surface area contributed by atoms with E-state index in [1.165, 1.54) is 0 Å². The minimum absolute atomic E-state index is 0.218. The van der Waals surface area contributed by atoms with Crippen LogP contribution in [0.2, 0.25) is 0 Å². The molecule has 0 radical (unpaired) electrons. The molecule has 128 valence electrons. The molecule has 0 heterocycles. The molecule has 0 spiro atoms. The Morgan fingerprint density at radius 3 is 2.74 bits per heavy atom. The van der Waals surface area contributed by atoms with E-state index in [0.29, 0.717) is 19.4 Å². The molecular formula is C16H25N3O3S. The number of hydrogen-bond acceptors (Lipinski definition) is 4. The number of carbonyl (C=O) groups is 2. The number of methoxy groups -OCH3 is 1. The first-order valence-electron chi connectivity index (χ1n) is 7.44. The fourth-order valence-corrected chi connectivity index (χ4v) is 2.69. The molecule has 1 aromatic rings. The first kappa shape index (κ1) is 19.2. The maximum atomic E-state index is 12.2. The van der Waals surface area contributed by atoms with Crippen LogP contribution in [0, 0.1) is 6.92 Å². The zero-order valence-corrected chi connectivity index (χ0v) is 14.7. The summed E-state index contributed by atoms with van der Waals surface area (Å²) in [5, 5.41) is 5.33. The van der Waals surface area contributed by atoms with Gasteiger partial charge in [0.2, 0.25) is 5.91 Å². The van der Waals surface area contributed by atoms with Crippen LogP contribution in [0.5, 0.6) is 5.75 Å². The molecule has 1 aromatic carbocycles. The molecule has 0 bridgehead atoms. The van der Waals surface area contributed by atoms with Crippen LogP contribution in [0.15, 0.2) is 18.2 Å². The van der Waals surface area contributed by atoms with Gasteiger partial charge in [0.1, 0.15) is 11.8 Å². The van der Waals surface area contributed by atoms with Crippen molar-refractivity contribution in [3.63, 3.8) is 0 Å². The van der Waals surface area contributed by atoms with E-state index in [-0.39, 0.29) is 5.91 Å². The van der Waals surface area contributed by atoms with Crippen molar-refractivity contribution in [2.45, 2.75) is 25.8 Å². The van der Waals surface area contributed by atoms with E-state index < -0.39 is 12.1 Å². The summed E-state index contributed by atoms with van der Waals surface area (Å²) >= 11 is 1.61. The Labute approximate surface area is 141 Å². The van der Waals surface area contributed by atoms with E-state index in [1.54, 1.807) is 18.9 Å². The average molecular weight is 339 g/mol. The van der Waals surface area contributed by atoms with Crippen molar-refractivity contribution in [1.82, 2.24) is 10.6 Å². The van der Waals surface area contributed by atoms with Crippen LogP contribution in [0.3, 0.4) is 0 Å². The quantitative estimate of drug-likeness (QED) is 0.635. The van der Waals surface area contributed by atoms with E-state index in [4.69, 9.17) is 10.5 Å². The zero-order valence-electron chi connectivity index (χ0n) is 13.8. The summed E-state index contributed by atoms with van der Waals surface area (Å²) in [5.74, 6) is 1.35. The van der Waals surface area contributed by atoms with Gasteiger partial charge in [-0.25, -0.2) is 4.79 Å². The predicted octanol–water partition coefficient (Wildman–Crippen LogP) is 1.45. The molecule has 3 amide bonds. The molecule has 6 nitrogen and oxygen atoms in total. The van der Waals surface area contributed by atoms with Crippen LogP contribution < -0.4 is 21.1 Å². The van der Waals surface area contributed by atoms with Gasteiger partial charge in [-0.1, -0.05) is 17.7 Å². The predicted molar refractivity (Wildman–Crippen MR) is 94.0 cm³/mol. The number of nitrogens with two attached hydrogens (primary N) is 1. The molecule has 1 atom stereocenters. The second-order valence-electron chi connectivity index (χ2n) is 5.20. The fourth-order valence-electron chi connectivity index (χ4n) is 2.22. The van der Waals surface area contributed by atoms with Gasteiger partial charge in [-0.2, -0.15) is 11.8 Å². The molecular weight excluding hydrogens is 314 g/mol. The summed E-state index contributed by atoms with van der Waals surface area (Å²) in [7, 11) is 1.63. The lowest BCUT2D eigenvalue weighted by atomic mass is 10.1. The average Bonchev–Trinajstić information content (AvgIpc) is 2.51. The standard InChI is InChI=1S/C16H25N3O3S/c1-11-4-5-14(22-2)12(10-11)6-8-18-15(20)13(7-9-23-3)19-16(17)21/h4-5,10,13H,6-9H2,1-3H3,(H,18,20)(H3,17,19,21)/t13-/m0/s1. The third-order valence-corrected chi connectivity index (χ3v) is 4.02. The zero-order chi connectivity index (χ0) is 17.2. The van der Waals surface area contributed by atoms with Crippen LogP contribution in [-0.2, 0) is 11.2 Å². The number of thioether (sulfide) groups is 1. The van der Waals surface area contributed by atoms with E-state index >= 15 is 0 Å². The number of nitrogens with one attached hydrogen (secondary N) is 2. The summed E-state index contributed by atoms with van der Waals surface area (Å²) in [5.41, 5.74) is 7.30. The Bertz CT molecular complexity index is 537. The van der Waals surface area contributed by atoms with Crippen LogP contribution in [-0.4, -0.2) is 43.6 Å². The molecule has 4 N–H and O–H groups in total. The lowest BCUT2D eigenvalue weighted by Gasteiger charge is -2.17. The van der Waals surface area contributed by atoms with E-state index in [2.05, 4.69) is 10.6 Å². The second-order valence-corrected chi connectivity index (χ2v) is 6.18. The molecule has 0 aliphatic rings. The summed E-state index contributed by atoms with van der Waals surface area (Å²) in [6.45, 7) is 2.48. The molecule has 0 aliphatic heterocycles. The highest BCUT2D eigenvalue weighted by Crippen LogP contribution is 2.19. The number of hydrogen-bond donors (Lipinski definition) is 3. The number of benzene rings is 1. The number of primary amides is 1. The topological polar surface area (TPSA) is 93.4 Å². The van der Waals surface area contributed by atoms with Crippen LogP contribution in [0.4, 0.5) is 4.79 Å². The summed E-state index contributed by atoms with van der Waals surface area (Å²) in [4.78, 5) is 23.2. The van der Waals surface area contributed by atoms with Gasteiger partial charge < -0.3 is 21.1 Å². The number of amides is 3. The summed E-state index contributed by atoms with van der Waals surface area (Å²) in [6, 6.07) is 4.65. The first-order valence-corrected chi connectivity index (χ1v) is 8.83. The van der Waals surface area contributed by atoms with Gasteiger partial charge in [0.25, 0.3) is 0 Å². The SMILES string of the molecule is COc1ccc(C)cc1CCNC(=O)[C@H](CCSC)NC(N)=O. The van der Waals surface area contributed by atoms with Crippen molar-refractivity contribution in [2.75, 3.05) is 25.7 Å². The summed E-state index contributed by atoms with van der Waals surface area (Å²) in [6.07, 6.45) is 3.15. The molecule has 1 rings (SSSR count). The lowest BCUT2D eigenvalue weighted by Crippen LogP contribution is -2.49. The molecule has 0 saturated carbocycles. The Morgan fingerprint density at radius 2 is 2.13 bits per heavy atom. The number of aryl methyl sites for hydroxylation is 1. The fraction of sp³-hybridized carbons (Fsp3) is 0.500. The third kappa shape index (κ3) is 6.81. The van der Waals surface area contributed by atoms with Gasteiger partial charge in [-0.05, 0) is 43.4 Å². The highest BCUT2D eigenvalue weighted by molar-refractivity contribution is 7.98. The number of ether oxygens (including phenoxy) is 1.